The van der Waals surface area contributed by atoms with E-state index in [2.05, 4.69) is 0 Å². The Kier molecular flexibility index (Phi) is 5.05. The zero-order valence-electron chi connectivity index (χ0n) is 12.7. The lowest BCUT2D eigenvalue weighted by Crippen LogP contribution is -2.53. The van der Waals surface area contributed by atoms with Crippen molar-refractivity contribution in [1.29, 1.82) is 0 Å². The number of amides is 1. The standard InChI is InChI=1S/C14H21N3O4S/c1-11(15)14(18)16-7-9-17(10-8-16)22(19,20)13-5-3-12(21-2)4-6-13/h3-6,11H,7-10,15H2,1-2H3. The van der Waals surface area contributed by atoms with Crippen LogP contribution >= 0.6 is 0 Å². The van der Waals surface area contributed by atoms with E-state index < -0.39 is 16.1 Å². The molecule has 1 unspecified atom stereocenters. The lowest BCUT2D eigenvalue weighted by Gasteiger charge is -2.34. The molecule has 2 N–H and O–H groups in total. The molecule has 1 amide bonds. The third-order valence-electron chi connectivity index (χ3n) is 3.64. The minimum Gasteiger partial charge on any atom is -0.497 e. The number of carbonyl (C=O) groups is 1. The Morgan fingerprint density at radius 1 is 1.18 bits per heavy atom. The lowest BCUT2D eigenvalue weighted by molar-refractivity contribution is -0.133. The van der Waals surface area contributed by atoms with E-state index in [-0.39, 0.29) is 23.9 Å². The zero-order chi connectivity index (χ0) is 16.3. The Morgan fingerprint density at radius 3 is 2.18 bits per heavy atom. The summed E-state index contributed by atoms with van der Waals surface area (Å²) in [6.45, 7) is 2.88. The molecule has 1 atom stereocenters. The van der Waals surface area contributed by atoms with Crippen LogP contribution in [0, 0.1) is 0 Å². The molecule has 1 heterocycles. The number of nitrogens with zero attached hydrogens (tertiary/aromatic N) is 2. The fourth-order valence-corrected chi connectivity index (χ4v) is 3.76. The van der Waals surface area contributed by atoms with Gasteiger partial charge in [-0.2, -0.15) is 4.31 Å². The molecule has 0 radical (unpaired) electrons. The molecular formula is C14H21N3O4S. The topological polar surface area (TPSA) is 92.9 Å². The molecule has 7 nitrogen and oxygen atoms in total. The van der Waals surface area contributed by atoms with Gasteiger partial charge in [-0.3, -0.25) is 4.79 Å². The average molecular weight is 327 g/mol. The van der Waals surface area contributed by atoms with Gasteiger partial charge in [0, 0.05) is 26.2 Å². The van der Waals surface area contributed by atoms with E-state index in [9.17, 15) is 13.2 Å². The predicted octanol–water partition coefficient (Wildman–Crippen LogP) is -0.125. The minimum absolute atomic E-state index is 0.151. The Morgan fingerprint density at radius 2 is 1.73 bits per heavy atom. The van der Waals surface area contributed by atoms with Crippen molar-refractivity contribution in [2.45, 2.75) is 17.9 Å². The molecule has 1 fully saturated rings. The largest absolute Gasteiger partial charge is 0.497 e. The van der Waals surface area contributed by atoms with E-state index in [1.807, 2.05) is 0 Å². The van der Waals surface area contributed by atoms with E-state index >= 15 is 0 Å². The van der Waals surface area contributed by atoms with Crippen LogP contribution in [0.5, 0.6) is 5.75 Å². The first-order valence-corrected chi connectivity index (χ1v) is 8.49. The minimum atomic E-state index is -3.55. The van der Waals surface area contributed by atoms with Crippen LogP contribution in [-0.2, 0) is 14.8 Å². The summed E-state index contributed by atoms with van der Waals surface area (Å²) in [5, 5.41) is 0. The highest BCUT2D eigenvalue weighted by Crippen LogP contribution is 2.20. The monoisotopic (exact) mass is 327 g/mol. The first kappa shape index (κ1) is 16.7. The predicted molar refractivity (Wildman–Crippen MR) is 82.0 cm³/mol. The van der Waals surface area contributed by atoms with Crippen molar-refractivity contribution in [1.82, 2.24) is 9.21 Å². The second-order valence-corrected chi connectivity index (χ2v) is 7.13. The van der Waals surface area contributed by atoms with Crippen molar-refractivity contribution >= 4 is 15.9 Å². The molecule has 1 saturated heterocycles. The Bertz CT molecular complexity index is 620. The van der Waals surface area contributed by atoms with Crippen LogP contribution in [0.15, 0.2) is 29.2 Å². The maximum Gasteiger partial charge on any atom is 0.243 e. The van der Waals surface area contributed by atoms with E-state index in [1.165, 1.54) is 23.5 Å². The summed E-state index contributed by atoms with van der Waals surface area (Å²) in [6, 6.07) is 5.71. The van der Waals surface area contributed by atoms with Gasteiger partial charge in [-0.05, 0) is 31.2 Å². The van der Waals surface area contributed by atoms with E-state index in [0.29, 0.717) is 18.8 Å². The van der Waals surface area contributed by atoms with Crippen LogP contribution in [0.4, 0.5) is 0 Å². The summed E-state index contributed by atoms with van der Waals surface area (Å²) in [7, 11) is -2.02. The van der Waals surface area contributed by atoms with Gasteiger partial charge < -0.3 is 15.4 Å². The number of ether oxygens (including phenoxy) is 1. The number of piperazine rings is 1. The smallest absolute Gasteiger partial charge is 0.243 e. The fourth-order valence-electron chi connectivity index (χ4n) is 2.33. The first-order chi connectivity index (χ1) is 10.4. The molecule has 0 spiro atoms. The summed E-state index contributed by atoms with van der Waals surface area (Å²) < 4.78 is 31.5. The number of nitrogens with two attached hydrogens (primary N) is 1. The van der Waals surface area contributed by atoms with Gasteiger partial charge in [-0.25, -0.2) is 8.42 Å². The Balaban J connectivity index is 2.07. The van der Waals surface area contributed by atoms with E-state index in [4.69, 9.17) is 10.5 Å². The number of benzene rings is 1. The number of hydrogen-bond acceptors (Lipinski definition) is 5. The zero-order valence-corrected chi connectivity index (χ0v) is 13.5. The molecule has 1 aromatic carbocycles. The normalized spacial score (nSPS) is 18.0. The fraction of sp³-hybridized carbons (Fsp3) is 0.500. The molecule has 1 aliphatic rings. The summed E-state index contributed by atoms with van der Waals surface area (Å²) in [4.78, 5) is 13.6. The van der Waals surface area contributed by atoms with Crippen LogP contribution in [0.1, 0.15) is 6.92 Å². The number of sulfonamides is 1. The van der Waals surface area contributed by atoms with Crippen LogP contribution in [0.2, 0.25) is 0 Å². The van der Waals surface area contributed by atoms with Gasteiger partial charge in [0.15, 0.2) is 0 Å². The van der Waals surface area contributed by atoms with E-state index in [1.54, 1.807) is 24.0 Å². The number of methoxy groups -OCH3 is 1. The molecule has 1 aromatic rings. The summed E-state index contributed by atoms with van der Waals surface area (Å²) in [5.41, 5.74) is 5.57. The van der Waals surface area contributed by atoms with Gasteiger partial charge in [0.2, 0.25) is 15.9 Å². The van der Waals surface area contributed by atoms with Gasteiger partial charge in [-0.15, -0.1) is 0 Å². The van der Waals surface area contributed by atoms with Gasteiger partial charge in [0.05, 0.1) is 18.0 Å². The van der Waals surface area contributed by atoms with Crippen molar-refractivity contribution in [2.75, 3.05) is 33.3 Å². The van der Waals surface area contributed by atoms with Gasteiger partial charge >= 0.3 is 0 Å². The molecule has 0 aromatic heterocycles. The molecule has 1 aliphatic heterocycles. The summed E-state index contributed by atoms with van der Waals surface area (Å²) >= 11 is 0. The highest BCUT2D eigenvalue weighted by atomic mass is 32.2. The summed E-state index contributed by atoms with van der Waals surface area (Å²) in [5.74, 6) is 0.452. The van der Waals surface area contributed by atoms with Gasteiger partial charge in [-0.1, -0.05) is 0 Å². The van der Waals surface area contributed by atoms with Crippen LogP contribution in [-0.4, -0.2) is 62.9 Å². The average Bonchev–Trinajstić information content (AvgIpc) is 2.54. The third kappa shape index (κ3) is 3.40. The molecule has 2 rings (SSSR count). The highest BCUT2D eigenvalue weighted by molar-refractivity contribution is 7.89. The SMILES string of the molecule is COc1ccc(S(=O)(=O)N2CCN(C(=O)C(C)N)CC2)cc1. The van der Waals surface area contributed by atoms with Crippen LogP contribution < -0.4 is 10.5 Å². The maximum absolute atomic E-state index is 12.6. The molecular weight excluding hydrogens is 306 g/mol. The van der Waals surface area contributed by atoms with Gasteiger partial charge in [0.25, 0.3) is 0 Å². The third-order valence-corrected chi connectivity index (χ3v) is 5.55. The number of rotatable bonds is 4. The Hall–Kier alpha value is -1.64. The second-order valence-electron chi connectivity index (χ2n) is 5.19. The molecule has 0 saturated carbocycles. The van der Waals surface area contributed by atoms with Crippen molar-refractivity contribution in [3.8, 4) is 5.75 Å². The number of carbonyl (C=O) groups excluding carboxylic acids is 1. The Labute approximate surface area is 130 Å². The maximum atomic E-state index is 12.6. The highest BCUT2D eigenvalue weighted by Gasteiger charge is 2.30. The lowest BCUT2D eigenvalue weighted by atomic mass is 10.2. The van der Waals surface area contributed by atoms with Crippen LogP contribution in [0.25, 0.3) is 0 Å². The van der Waals surface area contributed by atoms with Crippen molar-refractivity contribution in [3.05, 3.63) is 24.3 Å². The van der Waals surface area contributed by atoms with Gasteiger partial charge in [0.1, 0.15) is 5.75 Å². The molecule has 0 bridgehead atoms. The van der Waals surface area contributed by atoms with E-state index in [0.717, 1.165) is 0 Å². The second kappa shape index (κ2) is 6.64. The molecule has 22 heavy (non-hydrogen) atoms. The number of hydrogen-bond donors (Lipinski definition) is 1. The van der Waals surface area contributed by atoms with Crippen LogP contribution in [0.3, 0.4) is 0 Å². The van der Waals surface area contributed by atoms with Crippen molar-refractivity contribution in [2.24, 2.45) is 5.73 Å². The van der Waals surface area contributed by atoms with Crippen molar-refractivity contribution in [3.63, 3.8) is 0 Å². The summed E-state index contributed by atoms with van der Waals surface area (Å²) in [6.07, 6.45) is 0. The van der Waals surface area contributed by atoms with Crippen molar-refractivity contribution < 1.29 is 17.9 Å². The molecule has 8 heteroatoms. The first-order valence-electron chi connectivity index (χ1n) is 7.05. The molecule has 0 aliphatic carbocycles. The molecule has 122 valence electrons. The quantitative estimate of drug-likeness (QED) is 0.832.